The number of likely N-dealkylation sites (N-methyl/N-ethyl adjacent to an activating group) is 1. The minimum Gasteiger partial charge on any atom is -0.341 e. The van der Waals surface area contributed by atoms with Gasteiger partial charge in [-0.05, 0) is 63.2 Å². The van der Waals surface area contributed by atoms with Crippen molar-refractivity contribution in [3.05, 3.63) is 50.8 Å². The quantitative estimate of drug-likeness (QED) is 0.696. The molecule has 0 atom stereocenters. The van der Waals surface area contributed by atoms with Gasteiger partial charge in [0.15, 0.2) is 0 Å². The predicted octanol–water partition coefficient (Wildman–Crippen LogP) is 3.33. The van der Waals surface area contributed by atoms with E-state index in [4.69, 9.17) is 28.9 Å². The Morgan fingerprint density at radius 1 is 1.27 bits per heavy atom. The zero-order valence-corrected chi connectivity index (χ0v) is 20.7. The number of carbonyl (C=O) groups excluding carboxylic acids is 2. The number of rotatable bonds is 5. The number of pyridine rings is 1. The van der Waals surface area contributed by atoms with Crippen LogP contribution in [-0.2, 0) is 17.9 Å². The van der Waals surface area contributed by atoms with E-state index in [1.807, 2.05) is 20.0 Å². The molecule has 1 aromatic heterocycles. The summed E-state index contributed by atoms with van der Waals surface area (Å²) in [4.78, 5) is 36.5. The lowest BCUT2D eigenvalue weighted by Crippen LogP contribution is -2.47. The number of benzene rings is 1. The Hall–Kier alpha value is -2.19. The van der Waals surface area contributed by atoms with Crippen LogP contribution in [0.4, 0.5) is 0 Å². The topological polar surface area (TPSA) is 82.8 Å². The van der Waals surface area contributed by atoms with Crippen LogP contribution in [0.5, 0.6) is 0 Å². The maximum Gasteiger partial charge on any atom is 0.273 e. The fraction of sp³-hybridized carbons (Fsp3) is 0.458. The van der Waals surface area contributed by atoms with Gasteiger partial charge >= 0.3 is 0 Å². The molecule has 2 aromatic rings. The molecule has 1 saturated heterocycles. The molecule has 1 aromatic carbocycles. The van der Waals surface area contributed by atoms with Gasteiger partial charge in [-0.2, -0.15) is 0 Å². The average molecular weight is 490 g/mol. The minimum atomic E-state index is -0.242. The first kappa shape index (κ1) is 24.0. The van der Waals surface area contributed by atoms with Crippen molar-refractivity contribution in [3.8, 4) is 11.1 Å². The van der Waals surface area contributed by atoms with Crippen LogP contribution in [0.25, 0.3) is 11.1 Å². The zero-order chi connectivity index (χ0) is 23.9. The second-order valence-corrected chi connectivity index (χ2v) is 9.75. The lowest BCUT2D eigenvalue weighted by atomic mass is 9.93. The van der Waals surface area contributed by atoms with Gasteiger partial charge in [-0.3, -0.25) is 9.59 Å². The molecule has 3 heterocycles. The number of hydrogen-bond donors (Lipinski definition) is 1. The lowest BCUT2D eigenvalue weighted by Gasteiger charge is -2.35. The second-order valence-electron chi connectivity index (χ2n) is 8.91. The third-order valence-corrected chi connectivity index (χ3v) is 7.35. The molecule has 7 nitrogen and oxygen atoms in total. The van der Waals surface area contributed by atoms with E-state index in [1.54, 1.807) is 21.9 Å². The molecule has 1 fully saturated rings. The molecule has 0 unspecified atom stereocenters. The van der Waals surface area contributed by atoms with Crippen molar-refractivity contribution in [2.45, 2.75) is 38.9 Å². The number of carbonyl (C=O) groups is 2. The molecule has 0 spiro atoms. The number of likely N-dealkylation sites (tertiary alicyclic amines) is 1. The van der Waals surface area contributed by atoms with Crippen molar-refractivity contribution >= 4 is 35.0 Å². The lowest BCUT2D eigenvalue weighted by molar-refractivity contribution is -0.133. The van der Waals surface area contributed by atoms with Crippen molar-refractivity contribution in [2.24, 2.45) is 5.73 Å². The van der Waals surface area contributed by atoms with Gasteiger partial charge < -0.3 is 20.4 Å². The number of piperidine rings is 1. The maximum atomic E-state index is 13.2. The standard InChI is InChI=1S/C24H29Cl2N5O2/c1-14-18(11-27)22(17-5-4-15(25)10-20(17)26)19-12-31(24(33)23(19)28-14)13-21(32)30(3)16-6-8-29(2)9-7-16/h4-5,10,16H,6-9,11-13,27H2,1-3H3. The van der Waals surface area contributed by atoms with E-state index in [2.05, 4.69) is 16.9 Å². The number of aryl methyl sites for hydroxylation is 1. The van der Waals surface area contributed by atoms with Gasteiger partial charge in [0.05, 0.1) is 0 Å². The van der Waals surface area contributed by atoms with Crippen LogP contribution >= 0.6 is 23.2 Å². The van der Waals surface area contributed by atoms with E-state index in [9.17, 15) is 9.59 Å². The van der Waals surface area contributed by atoms with Crippen LogP contribution in [0.3, 0.4) is 0 Å². The summed E-state index contributed by atoms with van der Waals surface area (Å²) in [5.41, 5.74) is 10.3. The zero-order valence-electron chi connectivity index (χ0n) is 19.2. The largest absolute Gasteiger partial charge is 0.341 e. The SMILES string of the molecule is Cc1nc2c(c(-c3ccc(Cl)cc3Cl)c1CN)CN(CC(=O)N(C)C1CCN(C)CC1)C2=O. The smallest absolute Gasteiger partial charge is 0.273 e. The molecule has 0 aliphatic carbocycles. The molecule has 2 amide bonds. The monoisotopic (exact) mass is 489 g/mol. The van der Waals surface area contributed by atoms with E-state index in [1.165, 1.54) is 0 Å². The molecule has 2 aliphatic rings. The molecule has 0 saturated carbocycles. The number of nitrogens with zero attached hydrogens (tertiary/aromatic N) is 4. The Bertz CT molecular complexity index is 1100. The van der Waals surface area contributed by atoms with Crippen LogP contribution in [0.2, 0.25) is 10.0 Å². The fourth-order valence-corrected chi connectivity index (χ4v) is 5.29. The molecular weight excluding hydrogens is 461 g/mol. The normalized spacial score (nSPS) is 16.9. The summed E-state index contributed by atoms with van der Waals surface area (Å²) < 4.78 is 0. The van der Waals surface area contributed by atoms with Gasteiger partial charge in [0.2, 0.25) is 5.91 Å². The number of amides is 2. The van der Waals surface area contributed by atoms with Crippen molar-refractivity contribution in [1.82, 2.24) is 19.7 Å². The molecular formula is C24H29Cl2N5O2. The Labute approximate surface area is 204 Å². The third-order valence-electron chi connectivity index (χ3n) is 6.80. The van der Waals surface area contributed by atoms with E-state index in [0.29, 0.717) is 21.4 Å². The van der Waals surface area contributed by atoms with Gasteiger partial charge in [0.25, 0.3) is 5.91 Å². The number of nitrogens with two attached hydrogens (primary N) is 1. The molecule has 4 rings (SSSR count). The van der Waals surface area contributed by atoms with Gasteiger partial charge in [0.1, 0.15) is 12.2 Å². The Morgan fingerprint density at radius 2 is 1.97 bits per heavy atom. The van der Waals surface area contributed by atoms with E-state index < -0.39 is 0 Å². The molecule has 0 radical (unpaired) electrons. The first-order valence-electron chi connectivity index (χ1n) is 11.1. The molecule has 2 aliphatic heterocycles. The third kappa shape index (κ3) is 4.60. The van der Waals surface area contributed by atoms with Crippen molar-refractivity contribution < 1.29 is 9.59 Å². The van der Waals surface area contributed by atoms with Gasteiger partial charge in [0, 0.05) is 53.0 Å². The summed E-state index contributed by atoms with van der Waals surface area (Å²) in [6.45, 7) is 4.33. The molecule has 0 bridgehead atoms. The Kier molecular flexibility index (Phi) is 6.96. The highest BCUT2D eigenvalue weighted by atomic mass is 35.5. The summed E-state index contributed by atoms with van der Waals surface area (Å²) in [6.07, 6.45) is 1.87. The van der Waals surface area contributed by atoms with Gasteiger partial charge in [-0.1, -0.05) is 29.3 Å². The Balaban J connectivity index is 1.63. The van der Waals surface area contributed by atoms with Gasteiger partial charge in [-0.25, -0.2) is 4.98 Å². The molecule has 33 heavy (non-hydrogen) atoms. The van der Waals surface area contributed by atoms with E-state index in [-0.39, 0.29) is 37.5 Å². The second kappa shape index (κ2) is 9.58. The van der Waals surface area contributed by atoms with Gasteiger partial charge in [-0.15, -0.1) is 0 Å². The number of halogens is 2. The van der Waals surface area contributed by atoms with Crippen LogP contribution in [0.1, 0.15) is 40.2 Å². The average Bonchev–Trinajstić information content (AvgIpc) is 3.08. The molecule has 9 heteroatoms. The first-order valence-corrected chi connectivity index (χ1v) is 11.9. The number of aromatic nitrogens is 1. The first-order chi connectivity index (χ1) is 15.7. The minimum absolute atomic E-state index is 0.0167. The Morgan fingerprint density at radius 3 is 2.61 bits per heavy atom. The number of fused-ring (bicyclic) bond motifs is 1. The maximum absolute atomic E-state index is 13.2. The highest BCUT2D eigenvalue weighted by molar-refractivity contribution is 6.36. The summed E-state index contributed by atoms with van der Waals surface area (Å²) >= 11 is 12.6. The van der Waals surface area contributed by atoms with Crippen molar-refractivity contribution in [3.63, 3.8) is 0 Å². The highest BCUT2D eigenvalue weighted by Crippen LogP contribution is 2.39. The fourth-order valence-electron chi connectivity index (χ4n) is 4.78. The predicted molar refractivity (Wildman–Crippen MR) is 130 cm³/mol. The van der Waals surface area contributed by atoms with Crippen LogP contribution < -0.4 is 5.73 Å². The van der Waals surface area contributed by atoms with Crippen LogP contribution in [-0.4, -0.2) is 71.3 Å². The molecule has 176 valence electrons. The summed E-state index contributed by atoms with van der Waals surface area (Å²) in [6, 6.07) is 5.47. The summed E-state index contributed by atoms with van der Waals surface area (Å²) in [5, 5.41) is 1.01. The molecule has 2 N–H and O–H groups in total. The number of hydrogen-bond acceptors (Lipinski definition) is 5. The van der Waals surface area contributed by atoms with Crippen molar-refractivity contribution in [2.75, 3.05) is 33.7 Å². The highest BCUT2D eigenvalue weighted by Gasteiger charge is 2.36. The van der Waals surface area contributed by atoms with E-state index in [0.717, 1.165) is 48.2 Å². The van der Waals surface area contributed by atoms with Crippen LogP contribution in [0, 0.1) is 6.92 Å². The van der Waals surface area contributed by atoms with Crippen LogP contribution in [0.15, 0.2) is 18.2 Å². The van der Waals surface area contributed by atoms with E-state index >= 15 is 0 Å². The summed E-state index contributed by atoms with van der Waals surface area (Å²) in [7, 11) is 3.92. The van der Waals surface area contributed by atoms with Crippen molar-refractivity contribution in [1.29, 1.82) is 0 Å². The summed E-state index contributed by atoms with van der Waals surface area (Å²) in [5.74, 6) is -0.305.